The molecule has 0 bridgehead atoms. The van der Waals surface area contributed by atoms with Crippen LogP contribution in [0, 0.1) is 0 Å². The summed E-state index contributed by atoms with van der Waals surface area (Å²) in [6.07, 6.45) is -4.34. The monoisotopic (exact) mass is 276 g/mol. The van der Waals surface area contributed by atoms with Crippen LogP contribution in [0.3, 0.4) is 0 Å². The van der Waals surface area contributed by atoms with Crippen molar-refractivity contribution in [1.29, 1.82) is 0 Å². The molecule has 0 atom stereocenters. The van der Waals surface area contributed by atoms with Gasteiger partial charge in [-0.2, -0.15) is 13.2 Å². The van der Waals surface area contributed by atoms with E-state index in [1.54, 1.807) is 18.2 Å². The Balaban J connectivity index is 2.06. The number of fused-ring (bicyclic) bond motifs is 1. The Morgan fingerprint density at radius 3 is 2.50 bits per heavy atom. The molecule has 0 fully saturated rings. The third kappa shape index (κ3) is 2.15. The first kappa shape index (κ1) is 12.7. The largest absolute Gasteiger partial charge is 0.416 e. The average molecular weight is 276 g/mol. The van der Waals surface area contributed by atoms with Gasteiger partial charge in [-0.25, -0.2) is 0 Å². The van der Waals surface area contributed by atoms with Gasteiger partial charge in [0.25, 0.3) is 0 Å². The third-order valence-electron chi connectivity index (χ3n) is 3.33. The molecule has 0 aromatic heterocycles. The van der Waals surface area contributed by atoms with Gasteiger partial charge < -0.3 is 5.73 Å². The first-order chi connectivity index (χ1) is 9.45. The zero-order valence-corrected chi connectivity index (χ0v) is 10.4. The van der Waals surface area contributed by atoms with E-state index in [0.29, 0.717) is 23.5 Å². The molecule has 0 saturated carbocycles. The van der Waals surface area contributed by atoms with Crippen LogP contribution in [-0.2, 0) is 12.7 Å². The van der Waals surface area contributed by atoms with Crippen LogP contribution in [-0.4, -0.2) is 5.84 Å². The van der Waals surface area contributed by atoms with Crippen LogP contribution in [0.2, 0.25) is 0 Å². The first-order valence-corrected chi connectivity index (χ1v) is 6.06. The molecule has 0 amide bonds. The van der Waals surface area contributed by atoms with E-state index in [1.807, 2.05) is 6.07 Å². The lowest BCUT2D eigenvalue weighted by Gasteiger charge is -2.10. The van der Waals surface area contributed by atoms with Gasteiger partial charge in [-0.05, 0) is 34.9 Å². The van der Waals surface area contributed by atoms with E-state index in [1.165, 1.54) is 6.07 Å². The standard InChI is InChI=1S/C15H11F3N2/c16-15(17,18)12-3-1-2-9(6-12)10-4-5-11-8-20-14(19)13(11)7-10/h1-7H,8H2,(H2,19,20). The van der Waals surface area contributed by atoms with Gasteiger partial charge in [0.15, 0.2) is 0 Å². The molecule has 0 saturated heterocycles. The summed E-state index contributed by atoms with van der Waals surface area (Å²) in [6, 6.07) is 10.7. The van der Waals surface area contributed by atoms with Gasteiger partial charge >= 0.3 is 6.18 Å². The van der Waals surface area contributed by atoms with Crippen molar-refractivity contribution in [3.05, 3.63) is 59.2 Å². The maximum atomic E-state index is 12.7. The predicted octanol–water partition coefficient (Wildman–Crippen LogP) is 3.59. The van der Waals surface area contributed by atoms with E-state index < -0.39 is 11.7 Å². The Bertz CT molecular complexity index is 703. The molecule has 2 aromatic carbocycles. The fourth-order valence-electron chi connectivity index (χ4n) is 2.26. The van der Waals surface area contributed by atoms with Gasteiger partial charge in [0.05, 0.1) is 12.1 Å². The molecule has 102 valence electrons. The second kappa shape index (κ2) is 4.37. The number of halogens is 3. The zero-order chi connectivity index (χ0) is 14.3. The summed E-state index contributed by atoms with van der Waals surface area (Å²) in [4.78, 5) is 4.11. The van der Waals surface area contributed by atoms with Crippen molar-refractivity contribution < 1.29 is 13.2 Å². The van der Waals surface area contributed by atoms with E-state index in [9.17, 15) is 13.2 Å². The number of hydrogen-bond acceptors (Lipinski definition) is 2. The minimum atomic E-state index is -4.34. The van der Waals surface area contributed by atoms with Gasteiger partial charge in [0.2, 0.25) is 0 Å². The van der Waals surface area contributed by atoms with Crippen LogP contribution in [0.4, 0.5) is 13.2 Å². The number of rotatable bonds is 1. The van der Waals surface area contributed by atoms with Crippen LogP contribution >= 0.6 is 0 Å². The molecule has 3 rings (SSSR count). The van der Waals surface area contributed by atoms with E-state index >= 15 is 0 Å². The molecule has 0 spiro atoms. The van der Waals surface area contributed by atoms with Crippen LogP contribution < -0.4 is 5.73 Å². The highest BCUT2D eigenvalue weighted by Gasteiger charge is 2.30. The highest BCUT2D eigenvalue weighted by molar-refractivity contribution is 6.01. The first-order valence-electron chi connectivity index (χ1n) is 6.06. The van der Waals surface area contributed by atoms with Crippen LogP contribution in [0.1, 0.15) is 16.7 Å². The lowest BCUT2D eigenvalue weighted by atomic mass is 9.98. The summed E-state index contributed by atoms with van der Waals surface area (Å²) in [5.41, 5.74) is 8.13. The lowest BCUT2D eigenvalue weighted by molar-refractivity contribution is -0.137. The minimum Gasteiger partial charge on any atom is -0.383 e. The summed E-state index contributed by atoms with van der Waals surface area (Å²) in [7, 11) is 0. The third-order valence-corrected chi connectivity index (χ3v) is 3.33. The summed E-state index contributed by atoms with van der Waals surface area (Å²) in [5, 5.41) is 0. The quantitative estimate of drug-likeness (QED) is 0.849. The molecule has 2 aromatic rings. The smallest absolute Gasteiger partial charge is 0.383 e. The average Bonchev–Trinajstić information content (AvgIpc) is 2.79. The van der Waals surface area contributed by atoms with Crippen LogP contribution in [0.25, 0.3) is 11.1 Å². The van der Waals surface area contributed by atoms with Crippen molar-refractivity contribution in [2.24, 2.45) is 10.7 Å². The number of nitrogens with two attached hydrogens (primary N) is 1. The van der Waals surface area contributed by atoms with Crippen molar-refractivity contribution in [3.63, 3.8) is 0 Å². The Morgan fingerprint density at radius 2 is 1.75 bits per heavy atom. The zero-order valence-electron chi connectivity index (χ0n) is 10.4. The maximum absolute atomic E-state index is 12.7. The predicted molar refractivity (Wildman–Crippen MR) is 71.3 cm³/mol. The molecule has 1 aliphatic heterocycles. The summed E-state index contributed by atoms with van der Waals surface area (Å²) in [6.45, 7) is 0.532. The summed E-state index contributed by atoms with van der Waals surface area (Å²) < 4.78 is 38.2. The SMILES string of the molecule is NC1=NCc2ccc(-c3cccc(C(F)(F)F)c3)cc21. The molecule has 2 nitrogen and oxygen atoms in total. The second-order valence-corrected chi connectivity index (χ2v) is 4.65. The Kier molecular flexibility index (Phi) is 2.78. The molecule has 1 aliphatic rings. The number of nitrogens with zero attached hydrogens (tertiary/aromatic N) is 1. The molecule has 1 heterocycles. The van der Waals surface area contributed by atoms with Crippen molar-refractivity contribution in [1.82, 2.24) is 0 Å². The van der Waals surface area contributed by atoms with Gasteiger partial charge in [0.1, 0.15) is 5.84 Å². The number of amidine groups is 1. The molecule has 5 heteroatoms. The molecule has 20 heavy (non-hydrogen) atoms. The van der Waals surface area contributed by atoms with E-state index in [-0.39, 0.29) is 0 Å². The Morgan fingerprint density at radius 1 is 1.00 bits per heavy atom. The van der Waals surface area contributed by atoms with Crippen molar-refractivity contribution >= 4 is 5.84 Å². The normalized spacial score (nSPS) is 14.1. The second-order valence-electron chi connectivity index (χ2n) is 4.65. The summed E-state index contributed by atoms with van der Waals surface area (Å²) >= 11 is 0. The fraction of sp³-hybridized carbons (Fsp3) is 0.133. The Hall–Kier alpha value is -2.30. The van der Waals surface area contributed by atoms with Gasteiger partial charge in [0, 0.05) is 5.56 Å². The van der Waals surface area contributed by atoms with Crippen LogP contribution in [0.15, 0.2) is 47.5 Å². The van der Waals surface area contributed by atoms with Crippen molar-refractivity contribution in [2.45, 2.75) is 12.7 Å². The Labute approximate surface area is 113 Å². The molecule has 0 unspecified atom stereocenters. The molecular formula is C15H11F3N2. The van der Waals surface area contributed by atoms with Crippen molar-refractivity contribution in [2.75, 3.05) is 0 Å². The van der Waals surface area contributed by atoms with E-state index in [4.69, 9.17) is 5.73 Å². The summed E-state index contributed by atoms with van der Waals surface area (Å²) in [5.74, 6) is 0.439. The number of aliphatic imine (C=N–C) groups is 1. The molecule has 0 radical (unpaired) electrons. The highest BCUT2D eigenvalue weighted by atomic mass is 19.4. The molecule has 0 aliphatic carbocycles. The molecular weight excluding hydrogens is 265 g/mol. The van der Waals surface area contributed by atoms with Gasteiger partial charge in [-0.3, -0.25) is 4.99 Å². The van der Waals surface area contributed by atoms with E-state index in [2.05, 4.69) is 4.99 Å². The van der Waals surface area contributed by atoms with Gasteiger partial charge in [-0.15, -0.1) is 0 Å². The minimum absolute atomic E-state index is 0.439. The van der Waals surface area contributed by atoms with Crippen LogP contribution in [0.5, 0.6) is 0 Å². The number of benzene rings is 2. The number of hydrogen-bond donors (Lipinski definition) is 1. The fourth-order valence-corrected chi connectivity index (χ4v) is 2.26. The topological polar surface area (TPSA) is 38.4 Å². The molecule has 2 N–H and O–H groups in total. The number of alkyl halides is 3. The van der Waals surface area contributed by atoms with Crippen molar-refractivity contribution in [3.8, 4) is 11.1 Å². The lowest BCUT2D eigenvalue weighted by Crippen LogP contribution is -2.10. The highest BCUT2D eigenvalue weighted by Crippen LogP contribution is 2.33. The van der Waals surface area contributed by atoms with E-state index in [0.717, 1.165) is 23.3 Å². The maximum Gasteiger partial charge on any atom is 0.416 e. The van der Waals surface area contributed by atoms with Gasteiger partial charge in [-0.1, -0.05) is 24.3 Å².